The number of carbonyl (C=O) groups is 3. The van der Waals surface area contributed by atoms with Crippen LogP contribution in [0.4, 0.5) is 10.1 Å². The van der Waals surface area contributed by atoms with Gasteiger partial charge in [0.1, 0.15) is 0 Å². The number of ketones is 1. The van der Waals surface area contributed by atoms with Crippen LogP contribution in [0.5, 0.6) is 0 Å². The van der Waals surface area contributed by atoms with Gasteiger partial charge in [-0.1, -0.05) is 18.5 Å². The van der Waals surface area contributed by atoms with Crippen LogP contribution in [0.1, 0.15) is 52.5 Å². The molecule has 3 N–H and O–H groups in total. The van der Waals surface area contributed by atoms with E-state index in [0.29, 0.717) is 12.1 Å². The summed E-state index contributed by atoms with van der Waals surface area (Å²) in [6.45, 7) is 3.01. The quantitative estimate of drug-likeness (QED) is 0.426. The summed E-state index contributed by atoms with van der Waals surface area (Å²) in [5.41, 5.74) is 0.112. The molecule has 1 unspecified atom stereocenters. The van der Waals surface area contributed by atoms with E-state index in [1.807, 2.05) is 0 Å². The minimum atomic E-state index is -1.09. The summed E-state index contributed by atoms with van der Waals surface area (Å²) in [6.07, 6.45) is 1.62. The maximum Gasteiger partial charge on any atom is 0.335 e. The summed E-state index contributed by atoms with van der Waals surface area (Å²) < 4.78 is 14.7. The second kappa shape index (κ2) is 9.79. The van der Waals surface area contributed by atoms with Gasteiger partial charge >= 0.3 is 5.97 Å². The maximum absolute atomic E-state index is 14.7. The number of nitrogens with one attached hydrogen (secondary N) is 2. The molecule has 0 aliphatic carbocycles. The first-order valence-electron chi connectivity index (χ1n) is 10.00. The Hall–Kier alpha value is -3.78. The highest BCUT2D eigenvalue weighted by Crippen LogP contribution is 2.30. The molecule has 0 aliphatic rings. The van der Waals surface area contributed by atoms with Gasteiger partial charge < -0.3 is 15.4 Å². The molecule has 7 nitrogen and oxygen atoms in total. The van der Waals surface area contributed by atoms with E-state index in [0.717, 1.165) is 6.07 Å². The summed E-state index contributed by atoms with van der Waals surface area (Å²) in [4.78, 5) is 51.4. The topological polar surface area (TPSA) is 116 Å². The molecule has 0 radical (unpaired) electrons. The number of benzene rings is 2. The van der Waals surface area contributed by atoms with Crippen molar-refractivity contribution in [3.8, 4) is 11.3 Å². The van der Waals surface area contributed by atoms with Crippen LogP contribution in [0.2, 0.25) is 5.02 Å². The number of aromatic nitrogens is 1. The van der Waals surface area contributed by atoms with Crippen molar-refractivity contribution in [1.29, 1.82) is 0 Å². The third-order valence-electron chi connectivity index (χ3n) is 5.19. The van der Waals surface area contributed by atoms with Crippen molar-refractivity contribution < 1.29 is 23.9 Å². The Bertz CT molecular complexity index is 1300. The average Bonchev–Trinajstić information content (AvgIpc) is 2.77. The Balaban J connectivity index is 1.93. The number of carboxylic acid groups (broad SMARTS) is 1. The molecule has 0 saturated heterocycles. The van der Waals surface area contributed by atoms with Crippen LogP contribution in [-0.4, -0.2) is 27.8 Å². The summed E-state index contributed by atoms with van der Waals surface area (Å²) in [5, 5.41) is 11.4. The van der Waals surface area contributed by atoms with E-state index in [1.165, 1.54) is 49.5 Å². The number of carboxylic acids is 1. The number of H-pyrrole nitrogens is 1. The number of aromatic amines is 1. The molecule has 33 heavy (non-hydrogen) atoms. The van der Waals surface area contributed by atoms with Gasteiger partial charge in [0.25, 0.3) is 0 Å². The van der Waals surface area contributed by atoms with E-state index in [-0.39, 0.29) is 33.0 Å². The minimum Gasteiger partial charge on any atom is -0.478 e. The lowest BCUT2D eigenvalue weighted by Crippen LogP contribution is -2.25. The fourth-order valence-corrected chi connectivity index (χ4v) is 3.64. The molecule has 0 aliphatic heterocycles. The Morgan fingerprint density at radius 3 is 2.36 bits per heavy atom. The molecule has 0 saturated carbocycles. The van der Waals surface area contributed by atoms with Crippen molar-refractivity contribution in [2.75, 3.05) is 5.32 Å². The van der Waals surface area contributed by atoms with Crippen molar-refractivity contribution in [3.05, 3.63) is 86.4 Å². The van der Waals surface area contributed by atoms with Gasteiger partial charge in [-0.05, 0) is 49.7 Å². The van der Waals surface area contributed by atoms with E-state index in [1.54, 1.807) is 6.92 Å². The van der Waals surface area contributed by atoms with Gasteiger partial charge in [-0.15, -0.1) is 0 Å². The number of rotatable bonds is 7. The van der Waals surface area contributed by atoms with E-state index in [2.05, 4.69) is 10.3 Å². The number of halogens is 2. The third-order valence-corrected chi connectivity index (χ3v) is 5.48. The van der Waals surface area contributed by atoms with Crippen LogP contribution >= 0.6 is 11.6 Å². The molecule has 1 amide bonds. The molecule has 0 fully saturated rings. The molecular weight excluding hydrogens is 451 g/mol. The Kier molecular flexibility index (Phi) is 7.08. The number of carbonyl (C=O) groups excluding carboxylic acids is 2. The van der Waals surface area contributed by atoms with Gasteiger partial charge in [0, 0.05) is 34.6 Å². The largest absolute Gasteiger partial charge is 0.478 e. The summed E-state index contributed by atoms with van der Waals surface area (Å²) in [5.74, 6) is -3.60. The number of pyridine rings is 1. The Morgan fingerprint density at radius 2 is 1.82 bits per heavy atom. The minimum absolute atomic E-state index is 0.0634. The highest BCUT2D eigenvalue weighted by atomic mass is 35.5. The van der Waals surface area contributed by atoms with Gasteiger partial charge in [0.15, 0.2) is 17.0 Å². The lowest BCUT2D eigenvalue weighted by molar-refractivity contribution is -0.117. The van der Waals surface area contributed by atoms with Crippen LogP contribution in [0.25, 0.3) is 11.3 Å². The Morgan fingerprint density at radius 1 is 1.15 bits per heavy atom. The number of amides is 1. The standard InChI is InChI=1S/C24H20ClFN2O5/c1-3-15(23(31)28-14-6-4-13(5-7-14)24(32)33)17-11-27-19(10-20(17)30)21-16(12(2)29)8-9-18(25)22(21)26/h4-11,15H,3H2,1-2H3,(H,27,30)(H,28,31)(H,32,33). The monoisotopic (exact) mass is 470 g/mol. The predicted octanol–water partition coefficient (Wildman–Crippen LogP) is 4.87. The van der Waals surface area contributed by atoms with E-state index < -0.39 is 34.8 Å². The number of aromatic carboxylic acids is 1. The molecule has 0 spiro atoms. The fourth-order valence-electron chi connectivity index (χ4n) is 3.48. The van der Waals surface area contributed by atoms with Gasteiger partial charge in [0.2, 0.25) is 5.91 Å². The molecule has 170 valence electrons. The zero-order valence-electron chi connectivity index (χ0n) is 17.7. The van der Waals surface area contributed by atoms with Crippen LogP contribution in [0, 0.1) is 5.82 Å². The molecule has 9 heteroatoms. The summed E-state index contributed by atoms with van der Waals surface area (Å²) in [7, 11) is 0. The second-order valence-corrected chi connectivity index (χ2v) is 7.75. The average molecular weight is 471 g/mol. The highest BCUT2D eigenvalue weighted by molar-refractivity contribution is 6.31. The number of hydrogen-bond acceptors (Lipinski definition) is 4. The lowest BCUT2D eigenvalue weighted by Gasteiger charge is -2.16. The Labute approximate surface area is 193 Å². The highest BCUT2D eigenvalue weighted by Gasteiger charge is 2.24. The van der Waals surface area contributed by atoms with Crippen molar-refractivity contribution >= 4 is 34.9 Å². The molecule has 1 atom stereocenters. The summed E-state index contributed by atoms with van der Waals surface area (Å²) in [6, 6.07) is 9.39. The molecule has 1 heterocycles. The lowest BCUT2D eigenvalue weighted by atomic mass is 9.94. The number of anilines is 1. The first-order chi connectivity index (χ1) is 15.6. The first kappa shape index (κ1) is 23.9. The van der Waals surface area contributed by atoms with Crippen molar-refractivity contribution in [1.82, 2.24) is 4.98 Å². The zero-order chi connectivity index (χ0) is 24.3. The van der Waals surface area contributed by atoms with Gasteiger partial charge in [-0.2, -0.15) is 0 Å². The van der Waals surface area contributed by atoms with Crippen molar-refractivity contribution in [2.45, 2.75) is 26.2 Å². The normalized spacial score (nSPS) is 11.6. The van der Waals surface area contributed by atoms with E-state index in [4.69, 9.17) is 16.7 Å². The summed E-state index contributed by atoms with van der Waals surface area (Å²) >= 11 is 5.87. The van der Waals surface area contributed by atoms with Crippen LogP contribution < -0.4 is 10.7 Å². The van der Waals surface area contributed by atoms with E-state index >= 15 is 0 Å². The predicted molar refractivity (Wildman–Crippen MR) is 123 cm³/mol. The fraction of sp³-hybridized carbons (Fsp3) is 0.167. The maximum atomic E-state index is 14.7. The SMILES string of the molecule is CCC(C(=O)Nc1ccc(C(=O)O)cc1)c1c[nH]c(-c2c(C(C)=O)ccc(Cl)c2F)cc1=O. The molecule has 1 aromatic heterocycles. The van der Waals surface area contributed by atoms with Crippen LogP contribution in [0.3, 0.4) is 0 Å². The van der Waals surface area contributed by atoms with Gasteiger partial charge in [-0.25, -0.2) is 9.18 Å². The first-order valence-corrected chi connectivity index (χ1v) is 10.4. The number of hydrogen-bond donors (Lipinski definition) is 3. The molecule has 0 bridgehead atoms. The number of Topliss-reactive ketones (excluding diaryl/α,β-unsaturated/α-hetero) is 1. The van der Waals surface area contributed by atoms with E-state index in [9.17, 15) is 23.6 Å². The van der Waals surface area contributed by atoms with Gasteiger partial charge in [0.05, 0.1) is 22.2 Å². The smallest absolute Gasteiger partial charge is 0.335 e. The van der Waals surface area contributed by atoms with Crippen LogP contribution in [0.15, 0.2) is 53.5 Å². The second-order valence-electron chi connectivity index (χ2n) is 7.34. The van der Waals surface area contributed by atoms with Crippen molar-refractivity contribution in [2.24, 2.45) is 0 Å². The van der Waals surface area contributed by atoms with Crippen LogP contribution in [-0.2, 0) is 4.79 Å². The van der Waals surface area contributed by atoms with Crippen molar-refractivity contribution in [3.63, 3.8) is 0 Å². The van der Waals surface area contributed by atoms with Gasteiger partial charge in [-0.3, -0.25) is 14.4 Å². The molecule has 2 aromatic carbocycles. The molecule has 3 aromatic rings. The zero-order valence-corrected chi connectivity index (χ0v) is 18.5. The molecule has 3 rings (SSSR count). The molecular formula is C24H20ClFN2O5. The third kappa shape index (κ3) is 5.01.